The fourth-order valence-corrected chi connectivity index (χ4v) is 3.07. The number of rotatable bonds is 2. The third-order valence-electron chi connectivity index (χ3n) is 2.96. The minimum atomic E-state index is -0.142. The van der Waals surface area contributed by atoms with Crippen molar-refractivity contribution in [3.8, 4) is 0 Å². The Bertz CT molecular complexity index is 463. The maximum absolute atomic E-state index is 12.5. The van der Waals surface area contributed by atoms with Crippen molar-refractivity contribution in [3.05, 3.63) is 33.8 Å². The highest BCUT2D eigenvalue weighted by Crippen LogP contribution is 2.27. The van der Waals surface area contributed by atoms with E-state index in [-0.39, 0.29) is 18.1 Å². The number of carbonyl (C=O) groups is 1. The second-order valence-electron chi connectivity index (χ2n) is 4.53. The van der Waals surface area contributed by atoms with Gasteiger partial charge in [0.05, 0.1) is 27.8 Å². The fourth-order valence-electron chi connectivity index (χ4n) is 2.16. The topological polar surface area (TPSA) is 29.5 Å². The van der Waals surface area contributed by atoms with E-state index in [0.717, 1.165) is 0 Å². The smallest absolute Gasteiger partial charge is 0.257 e. The molecule has 0 bridgehead atoms. The Balaban J connectivity index is 2.24. The van der Waals surface area contributed by atoms with Gasteiger partial charge in [-0.3, -0.25) is 4.79 Å². The second kappa shape index (κ2) is 6.44. The molecule has 1 fully saturated rings. The zero-order valence-corrected chi connectivity index (χ0v) is 13.5. The summed E-state index contributed by atoms with van der Waals surface area (Å²) < 4.78 is 5.71. The van der Waals surface area contributed by atoms with Crippen LogP contribution in [0.25, 0.3) is 0 Å². The Morgan fingerprint density at radius 3 is 2.63 bits per heavy atom. The van der Waals surface area contributed by atoms with E-state index >= 15 is 0 Å². The Kier molecular flexibility index (Phi) is 5.12. The van der Waals surface area contributed by atoms with Crippen molar-refractivity contribution < 1.29 is 9.53 Å². The molecule has 1 saturated heterocycles. The van der Waals surface area contributed by atoms with Crippen LogP contribution >= 0.6 is 39.1 Å². The van der Waals surface area contributed by atoms with E-state index in [4.69, 9.17) is 27.9 Å². The van der Waals surface area contributed by atoms with E-state index in [1.54, 1.807) is 23.1 Å². The van der Waals surface area contributed by atoms with Gasteiger partial charge in [0.15, 0.2) is 0 Å². The van der Waals surface area contributed by atoms with Gasteiger partial charge in [0.1, 0.15) is 0 Å². The summed E-state index contributed by atoms with van der Waals surface area (Å²) >= 11 is 15.5. The van der Waals surface area contributed by atoms with Crippen molar-refractivity contribution in [2.24, 2.45) is 0 Å². The Labute approximate surface area is 130 Å². The molecule has 0 spiro atoms. The molecule has 1 aliphatic heterocycles. The zero-order valence-electron chi connectivity index (χ0n) is 10.4. The summed E-state index contributed by atoms with van der Waals surface area (Å²) in [7, 11) is 0. The average molecular weight is 367 g/mol. The molecule has 1 aromatic carbocycles. The van der Waals surface area contributed by atoms with Crippen LogP contribution in [0, 0.1) is 0 Å². The largest absolute Gasteiger partial charge is 0.371 e. The van der Waals surface area contributed by atoms with Crippen LogP contribution in [0.5, 0.6) is 0 Å². The first-order chi connectivity index (χ1) is 9.02. The molecule has 1 aromatic rings. The van der Waals surface area contributed by atoms with Crippen molar-refractivity contribution in [3.63, 3.8) is 0 Å². The van der Waals surface area contributed by atoms with E-state index in [0.29, 0.717) is 34.0 Å². The number of carbonyl (C=O) groups excluding carboxylic acids is 1. The first-order valence-corrected chi connectivity index (χ1v) is 7.85. The normalized spacial score (nSPS) is 23.5. The van der Waals surface area contributed by atoms with Crippen LogP contribution in [0.1, 0.15) is 17.3 Å². The predicted octanol–water partition coefficient (Wildman–Crippen LogP) is 3.62. The fraction of sp³-hybridized carbons (Fsp3) is 0.462. The van der Waals surface area contributed by atoms with E-state index < -0.39 is 0 Å². The molecule has 1 heterocycles. The molecule has 0 radical (unpaired) electrons. The van der Waals surface area contributed by atoms with Crippen molar-refractivity contribution in [1.29, 1.82) is 0 Å². The lowest BCUT2D eigenvalue weighted by molar-refractivity contribution is -0.0559. The number of amides is 1. The van der Waals surface area contributed by atoms with E-state index in [9.17, 15) is 4.79 Å². The van der Waals surface area contributed by atoms with E-state index in [1.807, 2.05) is 6.92 Å². The number of nitrogens with zero attached hydrogens (tertiary/aromatic N) is 1. The molecule has 3 nitrogen and oxygen atoms in total. The average Bonchev–Trinajstić information content (AvgIpc) is 2.37. The summed E-state index contributed by atoms with van der Waals surface area (Å²) in [5.74, 6) is -0.142. The quantitative estimate of drug-likeness (QED) is 0.748. The molecule has 0 N–H and O–H groups in total. The Morgan fingerprint density at radius 2 is 2.05 bits per heavy atom. The third-order valence-corrected chi connectivity index (χ3v) is 4.31. The molecule has 1 amide bonds. The number of alkyl halides is 1. The summed E-state index contributed by atoms with van der Waals surface area (Å²) in [6.45, 7) is 3.03. The van der Waals surface area contributed by atoms with Gasteiger partial charge in [-0.05, 0) is 19.1 Å². The van der Waals surface area contributed by atoms with Gasteiger partial charge in [-0.15, -0.1) is 0 Å². The molecule has 0 aromatic heterocycles. The van der Waals surface area contributed by atoms with Gasteiger partial charge in [-0.1, -0.05) is 45.2 Å². The number of hydrogen-bond donors (Lipinski definition) is 0. The van der Waals surface area contributed by atoms with Crippen molar-refractivity contribution in [2.45, 2.75) is 19.1 Å². The molecule has 2 atom stereocenters. The molecular weight excluding hydrogens is 353 g/mol. The lowest BCUT2D eigenvalue weighted by atomic mass is 10.1. The van der Waals surface area contributed by atoms with E-state index in [2.05, 4.69) is 15.9 Å². The molecule has 2 rings (SSSR count). The van der Waals surface area contributed by atoms with Crippen LogP contribution in [0.15, 0.2) is 18.2 Å². The van der Waals surface area contributed by atoms with Crippen LogP contribution in [0.4, 0.5) is 0 Å². The van der Waals surface area contributed by atoms with Crippen LogP contribution in [-0.2, 0) is 4.74 Å². The summed E-state index contributed by atoms with van der Waals surface area (Å²) in [4.78, 5) is 14.3. The van der Waals surface area contributed by atoms with Gasteiger partial charge in [0.2, 0.25) is 0 Å². The Hall–Kier alpha value is -0.290. The standard InChI is InChI=1S/C13H14BrCl2NO2/c1-8-6-17(7-9(5-14)19-8)13(18)12-10(15)3-2-4-11(12)16/h2-4,8-9H,5-7H2,1H3. The maximum atomic E-state index is 12.5. The van der Waals surface area contributed by atoms with Crippen molar-refractivity contribution in [2.75, 3.05) is 18.4 Å². The molecule has 6 heteroatoms. The van der Waals surface area contributed by atoms with Crippen molar-refractivity contribution >= 4 is 45.0 Å². The van der Waals surface area contributed by atoms with Crippen LogP contribution in [0.2, 0.25) is 10.0 Å². The molecule has 2 unspecified atom stereocenters. The third kappa shape index (κ3) is 3.43. The summed E-state index contributed by atoms with van der Waals surface area (Å²) in [5.41, 5.74) is 0.369. The SMILES string of the molecule is CC1CN(C(=O)c2c(Cl)cccc2Cl)CC(CBr)O1. The monoisotopic (exact) mass is 365 g/mol. The minimum Gasteiger partial charge on any atom is -0.371 e. The first kappa shape index (κ1) is 15.1. The highest BCUT2D eigenvalue weighted by Gasteiger charge is 2.30. The first-order valence-electron chi connectivity index (χ1n) is 5.97. The molecular formula is C13H14BrCl2NO2. The lowest BCUT2D eigenvalue weighted by Gasteiger charge is -2.36. The number of hydrogen-bond acceptors (Lipinski definition) is 2. The minimum absolute atomic E-state index is 0.00140. The lowest BCUT2D eigenvalue weighted by Crippen LogP contribution is -2.49. The number of halogens is 3. The summed E-state index contributed by atoms with van der Waals surface area (Å²) in [6.07, 6.45) is -0.00419. The number of benzene rings is 1. The van der Waals surface area contributed by atoms with E-state index in [1.165, 1.54) is 0 Å². The predicted molar refractivity (Wildman–Crippen MR) is 80.5 cm³/mol. The van der Waals surface area contributed by atoms with Gasteiger partial charge in [0, 0.05) is 18.4 Å². The van der Waals surface area contributed by atoms with Crippen LogP contribution < -0.4 is 0 Å². The van der Waals surface area contributed by atoms with Gasteiger partial charge in [0.25, 0.3) is 5.91 Å². The highest BCUT2D eigenvalue weighted by molar-refractivity contribution is 9.09. The number of morpholine rings is 1. The summed E-state index contributed by atoms with van der Waals surface area (Å²) in [6, 6.07) is 5.07. The maximum Gasteiger partial charge on any atom is 0.257 e. The van der Waals surface area contributed by atoms with Gasteiger partial charge in [-0.2, -0.15) is 0 Å². The highest BCUT2D eigenvalue weighted by atomic mass is 79.9. The van der Waals surface area contributed by atoms with Crippen LogP contribution in [-0.4, -0.2) is 41.4 Å². The molecule has 104 valence electrons. The molecule has 1 aliphatic rings. The Morgan fingerprint density at radius 1 is 1.42 bits per heavy atom. The van der Waals surface area contributed by atoms with Gasteiger partial charge < -0.3 is 9.64 Å². The zero-order chi connectivity index (χ0) is 14.0. The number of ether oxygens (including phenoxy) is 1. The molecule has 19 heavy (non-hydrogen) atoms. The molecule has 0 aliphatic carbocycles. The second-order valence-corrected chi connectivity index (χ2v) is 5.99. The molecule has 0 saturated carbocycles. The van der Waals surface area contributed by atoms with Crippen LogP contribution in [0.3, 0.4) is 0 Å². The van der Waals surface area contributed by atoms with Gasteiger partial charge >= 0.3 is 0 Å². The van der Waals surface area contributed by atoms with Gasteiger partial charge in [-0.25, -0.2) is 0 Å². The van der Waals surface area contributed by atoms with Crippen molar-refractivity contribution in [1.82, 2.24) is 4.90 Å². The summed E-state index contributed by atoms with van der Waals surface area (Å²) in [5, 5.41) is 1.45.